The smallest absolute Gasteiger partial charge is 0.231 e. The Morgan fingerprint density at radius 3 is 2.65 bits per heavy atom. The number of nitrogens with one attached hydrogen (secondary N) is 1. The average Bonchev–Trinajstić information content (AvgIpc) is 2.97. The third kappa shape index (κ3) is 2.30. The molecule has 5 heteroatoms. The van der Waals surface area contributed by atoms with Gasteiger partial charge in [-0.1, -0.05) is 28.1 Å². The first kappa shape index (κ1) is 14.6. The molecule has 2 aromatic carbocycles. The summed E-state index contributed by atoms with van der Waals surface area (Å²) in [6.07, 6.45) is 0.424. The number of benzene rings is 2. The van der Waals surface area contributed by atoms with E-state index in [9.17, 15) is 4.79 Å². The normalized spacial score (nSPS) is 18.6. The molecule has 0 saturated heterocycles. The van der Waals surface area contributed by atoms with Crippen LogP contribution in [0.4, 0.5) is 5.69 Å². The highest BCUT2D eigenvalue weighted by Crippen LogP contribution is 2.45. The average molecular weight is 374 g/mol. The number of rotatable bonds is 1. The van der Waals surface area contributed by atoms with E-state index < -0.39 is 0 Å². The summed E-state index contributed by atoms with van der Waals surface area (Å²) in [6.45, 7) is 4.35. The maximum atomic E-state index is 12.2. The van der Waals surface area contributed by atoms with Crippen molar-refractivity contribution in [1.82, 2.24) is 0 Å². The van der Waals surface area contributed by atoms with Crippen LogP contribution >= 0.6 is 15.9 Å². The SMILES string of the molecule is Cc1ccc2c(c1C)NC(=O)CC2c1cc2c(cc1Br)OCO2. The molecule has 1 atom stereocenters. The lowest BCUT2D eigenvalue weighted by molar-refractivity contribution is -0.116. The van der Waals surface area contributed by atoms with Gasteiger partial charge >= 0.3 is 0 Å². The van der Waals surface area contributed by atoms with E-state index in [-0.39, 0.29) is 18.6 Å². The van der Waals surface area contributed by atoms with Crippen molar-refractivity contribution in [2.75, 3.05) is 12.1 Å². The molecule has 0 fully saturated rings. The van der Waals surface area contributed by atoms with Gasteiger partial charge in [0.2, 0.25) is 12.7 Å². The quantitative estimate of drug-likeness (QED) is 0.811. The van der Waals surface area contributed by atoms with E-state index in [0.29, 0.717) is 6.42 Å². The molecule has 2 aliphatic rings. The predicted molar refractivity (Wildman–Crippen MR) is 91.3 cm³/mol. The van der Waals surface area contributed by atoms with Crippen molar-refractivity contribution in [3.05, 3.63) is 51.0 Å². The number of hydrogen-bond acceptors (Lipinski definition) is 3. The van der Waals surface area contributed by atoms with Crippen molar-refractivity contribution in [1.29, 1.82) is 0 Å². The molecule has 0 bridgehead atoms. The van der Waals surface area contributed by atoms with Gasteiger partial charge in [0.1, 0.15) is 0 Å². The van der Waals surface area contributed by atoms with Gasteiger partial charge in [-0.3, -0.25) is 4.79 Å². The standard InChI is InChI=1S/C18H16BrNO3/c1-9-3-4-11-12(6-17(21)20-18(11)10(9)2)13-5-15-16(7-14(13)19)23-8-22-15/h3-5,7,12H,6,8H2,1-2H3,(H,20,21). The second-order valence-corrected chi connectivity index (χ2v) is 6.86. The molecule has 118 valence electrons. The summed E-state index contributed by atoms with van der Waals surface area (Å²) in [5, 5.41) is 3.03. The second-order valence-electron chi connectivity index (χ2n) is 6.00. The van der Waals surface area contributed by atoms with Crippen molar-refractivity contribution in [2.45, 2.75) is 26.2 Å². The molecular weight excluding hydrogens is 358 g/mol. The lowest BCUT2D eigenvalue weighted by Crippen LogP contribution is -2.24. The largest absolute Gasteiger partial charge is 0.454 e. The van der Waals surface area contributed by atoms with Gasteiger partial charge in [-0.05, 0) is 48.2 Å². The highest BCUT2D eigenvalue weighted by atomic mass is 79.9. The molecule has 23 heavy (non-hydrogen) atoms. The first-order chi connectivity index (χ1) is 11.0. The van der Waals surface area contributed by atoms with Crippen LogP contribution in [0.15, 0.2) is 28.7 Å². The van der Waals surface area contributed by atoms with Crippen molar-refractivity contribution in [3.8, 4) is 11.5 Å². The molecule has 4 nitrogen and oxygen atoms in total. The number of ether oxygens (including phenoxy) is 2. The molecule has 0 spiro atoms. The number of amides is 1. The number of anilines is 1. The van der Waals surface area contributed by atoms with E-state index in [4.69, 9.17) is 9.47 Å². The fourth-order valence-electron chi connectivity index (χ4n) is 3.26. The molecule has 2 heterocycles. The van der Waals surface area contributed by atoms with Crippen LogP contribution in [0.5, 0.6) is 11.5 Å². The predicted octanol–water partition coefficient (Wildman–Crippen LogP) is 4.27. The summed E-state index contributed by atoms with van der Waals surface area (Å²) in [5.74, 6) is 1.52. The summed E-state index contributed by atoms with van der Waals surface area (Å²) in [7, 11) is 0. The maximum absolute atomic E-state index is 12.2. The van der Waals surface area contributed by atoms with Gasteiger partial charge in [0.05, 0.1) is 0 Å². The first-order valence-electron chi connectivity index (χ1n) is 7.53. The number of carbonyl (C=O) groups excluding carboxylic acids is 1. The third-order valence-electron chi connectivity index (χ3n) is 4.66. The van der Waals surface area contributed by atoms with E-state index >= 15 is 0 Å². The van der Waals surface area contributed by atoms with Crippen LogP contribution in [0.1, 0.15) is 34.6 Å². The zero-order valence-corrected chi connectivity index (χ0v) is 14.5. The minimum atomic E-state index is 0.00178. The number of aryl methyl sites for hydroxylation is 1. The molecule has 2 aliphatic heterocycles. The van der Waals surface area contributed by atoms with Crippen LogP contribution in [0, 0.1) is 13.8 Å². The van der Waals surface area contributed by atoms with Crippen LogP contribution in [0.3, 0.4) is 0 Å². The molecule has 1 amide bonds. The first-order valence-corrected chi connectivity index (χ1v) is 8.33. The zero-order chi connectivity index (χ0) is 16.1. The number of halogens is 1. The Hall–Kier alpha value is -2.01. The summed E-state index contributed by atoms with van der Waals surface area (Å²) in [6, 6.07) is 8.12. The maximum Gasteiger partial charge on any atom is 0.231 e. The molecular formula is C18H16BrNO3. The van der Waals surface area contributed by atoms with Crippen LogP contribution in [0.25, 0.3) is 0 Å². The van der Waals surface area contributed by atoms with Gasteiger partial charge < -0.3 is 14.8 Å². The number of carbonyl (C=O) groups is 1. The third-order valence-corrected chi connectivity index (χ3v) is 5.35. The van der Waals surface area contributed by atoms with Crippen LogP contribution in [0.2, 0.25) is 0 Å². The molecule has 0 aliphatic carbocycles. The van der Waals surface area contributed by atoms with Crippen molar-refractivity contribution >= 4 is 27.5 Å². The van der Waals surface area contributed by atoms with Crippen LogP contribution in [-0.2, 0) is 4.79 Å². The topological polar surface area (TPSA) is 47.6 Å². The lowest BCUT2D eigenvalue weighted by Gasteiger charge is -2.28. The Labute approximate surface area is 142 Å². The Morgan fingerprint density at radius 2 is 1.87 bits per heavy atom. The lowest BCUT2D eigenvalue weighted by atomic mass is 9.83. The minimum absolute atomic E-state index is 0.00178. The minimum Gasteiger partial charge on any atom is -0.454 e. The van der Waals surface area contributed by atoms with Crippen LogP contribution < -0.4 is 14.8 Å². The fraction of sp³-hybridized carbons (Fsp3) is 0.278. The van der Waals surface area contributed by atoms with E-state index in [0.717, 1.165) is 38.3 Å². The van der Waals surface area contributed by atoms with Crippen molar-refractivity contribution in [2.24, 2.45) is 0 Å². The van der Waals surface area contributed by atoms with Gasteiger partial charge in [-0.25, -0.2) is 0 Å². The molecule has 0 saturated carbocycles. The van der Waals surface area contributed by atoms with E-state index in [2.05, 4.69) is 40.3 Å². The van der Waals surface area contributed by atoms with Crippen molar-refractivity contribution < 1.29 is 14.3 Å². The van der Waals surface area contributed by atoms with Gasteiger partial charge in [-0.2, -0.15) is 0 Å². The molecule has 1 N–H and O–H groups in total. The molecule has 2 aromatic rings. The monoisotopic (exact) mass is 373 g/mol. The van der Waals surface area contributed by atoms with Gasteiger partial charge in [0, 0.05) is 22.5 Å². The second kappa shape index (κ2) is 5.27. The zero-order valence-electron chi connectivity index (χ0n) is 12.9. The number of fused-ring (bicyclic) bond motifs is 2. The Balaban J connectivity index is 1.88. The van der Waals surface area contributed by atoms with Gasteiger partial charge in [0.25, 0.3) is 0 Å². The molecule has 4 rings (SSSR count). The Kier molecular flexibility index (Phi) is 3.34. The van der Waals surface area contributed by atoms with Gasteiger partial charge in [-0.15, -0.1) is 0 Å². The Bertz CT molecular complexity index is 832. The van der Waals surface area contributed by atoms with Crippen LogP contribution in [-0.4, -0.2) is 12.7 Å². The Morgan fingerprint density at radius 1 is 1.13 bits per heavy atom. The van der Waals surface area contributed by atoms with E-state index in [1.165, 1.54) is 5.56 Å². The highest BCUT2D eigenvalue weighted by Gasteiger charge is 2.30. The summed E-state index contributed by atoms with van der Waals surface area (Å²) in [4.78, 5) is 12.2. The molecule has 1 unspecified atom stereocenters. The molecule has 0 radical (unpaired) electrons. The summed E-state index contributed by atoms with van der Waals surface area (Å²) in [5.41, 5.74) is 5.43. The molecule has 0 aromatic heterocycles. The number of hydrogen-bond donors (Lipinski definition) is 1. The summed E-state index contributed by atoms with van der Waals surface area (Å²) < 4.78 is 11.9. The van der Waals surface area contributed by atoms with E-state index in [1.54, 1.807) is 0 Å². The van der Waals surface area contributed by atoms with Gasteiger partial charge in [0.15, 0.2) is 11.5 Å². The van der Waals surface area contributed by atoms with Crippen molar-refractivity contribution in [3.63, 3.8) is 0 Å². The highest BCUT2D eigenvalue weighted by molar-refractivity contribution is 9.10. The summed E-state index contributed by atoms with van der Waals surface area (Å²) >= 11 is 3.62. The van der Waals surface area contributed by atoms with E-state index in [1.807, 2.05) is 19.1 Å². The fourth-order valence-corrected chi connectivity index (χ4v) is 3.86.